The minimum absolute atomic E-state index is 0.0602. The van der Waals surface area contributed by atoms with E-state index in [1.807, 2.05) is 0 Å². The SMILES string of the molecule is COc1ccc(CN(C)S(=O)(=O)c2cnc(Nc3cccc(C(F)(F)F)c3)c(Br)c2)cc1. The Morgan fingerprint density at radius 3 is 2.41 bits per heavy atom. The van der Waals surface area contributed by atoms with Crippen molar-refractivity contribution in [2.45, 2.75) is 17.6 Å². The third-order valence-electron chi connectivity index (χ3n) is 4.54. The molecular weight excluding hydrogens is 511 g/mol. The van der Waals surface area contributed by atoms with Crippen molar-refractivity contribution in [1.82, 2.24) is 9.29 Å². The van der Waals surface area contributed by atoms with Gasteiger partial charge < -0.3 is 10.1 Å². The Hall–Kier alpha value is -2.63. The number of benzene rings is 2. The van der Waals surface area contributed by atoms with Gasteiger partial charge in [-0.2, -0.15) is 17.5 Å². The second kappa shape index (κ2) is 9.47. The Morgan fingerprint density at radius 1 is 1.12 bits per heavy atom. The third-order valence-corrected chi connectivity index (χ3v) is 6.91. The van der Waals surface area contributed by atoms with Gasteiger partial charge in [-0.15, -0.1) is 0 Å². The van der Waals surface area contributed by atoms with E-state index in [9.17, 15) is 21.6 Å². The molecule has 3 rings (SSSR count). The second-order valence-electron chi connectivity index (χ2n) is 6.81. The van der Waals surface area contributed by atoms with Crippen LogP contribution in [0.2, 0.25) is 0 Å². The van der Waals surface area contributed by atoms with Crippen LogP contribution in [0.25, 0.3) is 0 Å². The number of halogens is 4. The molecule has 0 aliphatic rings. The first-order valence-corrected chi connectivity index (χ1v) is 11.4. The number of sulfonamides is 1. The number of hydrogen-bond donors (Lipinski definition) is 1. The van der Waals surface area contributed by atoms with E-state index in [2.05, 4.69) is 26.2 Å². The molecule has 0 aliphatic heterocycles. The quantitative estimate of drug-likeness (QED) is 0.441. The Labute approximate surface area is 192 Å². The number of ether oxygens (including phenoxy) is 1. The molecule has 1 heterocycles. The van der Waals surface area contributed by atoms with Gasteiger partial charge in [-0.3, -0.25) is 0 Å². The topological polar surface area (TPSA) is 71.5 Å². The molecule has 3 aromatic rings. The normalized spacial score (nSPS) is 12.1. The van der Waals surface area contributed by atoms with E-state index in [4.69, 9.17) is 4.74 Å². The number of rotatable bonds is 7. The summed E-state index contributed by atoms with van der Waals surface area (Å²) in [6.45, 7) is 0.133. The first kappa shape index (κ1) is 24.0. The second-order valence-corrected chi connectivity index (χ2v) is 9.71. The largest absolute Gasteiger partial charge is 0.497 e. The summed E-state index contributed by atoms with van der Waals surface area (Å²) >= 11 is 3.24. The van der Waals surface area contributed by atoms with Gasteiger partial charge in [-0.1, -0.05) is 18.2 Å². The Bertz CT molecular complexity index is 1200. The molecule has 11 heteroatoms. The van der Waals surface area contributed by atoms with E-state index in [0.717, 1.165) is 23.9 Å². The minimum atomic E-state index is -4.48. The summed E-state index contributed by atoms with van der Waals surface area (Å²) in [7, 11) is -0.868. The number of anilines is 2. The van der Waals surface area contributed by atoms with Gasteiger partial charge in [0, 0.05) is 25.5 Å². The van der Waals surface area contributed by atoms with Crippen molar-refractivity contribution in [2.24, 2.45) is 0 Å². The molecule has 1 N–H and O–H groups in total. The fourth-order valence-corrected chi connectivity index (χ4v) is 4.55. The molecule has 32 heavy (non-hydrogen) atoms. The highest BCUT2D eigenvalue weighted by Gasteiger charge is 2.30. The highest BCUT2D eigenvalue weighted by atomic mass is 79.9. The molecular formula is C21H19BrF3N3O3S. The van der Waals surface area contributed by atoms with Gasteiger partial charge in [0.2, 0.25) is 10.0 Å². The van der Waals surface area contributed by atoms with E-state index in [1.165, 1.54) is 29.6 Å². The molecule has 2 aromatic carbocycles. The van der Waals surface area contributed by atoms with Crippen LogP contribution < -0.4 is 10.1 Å². The molecule has 0 saturated heterocycles. The van der Waals surface area contributed by atoms with Crippen molar-refractivity contribution < 1.29 is 26.3 Å². The monoisotopic (exact) mass is 529 g/mol. The zero-order valence-corrected chi connectivity index (χ0v) is 19.4. The van der Waals surface area contributed by atoms with Gasteiger partial charge in [0.05, 0.1) is 17.1 Å². The lowest BCUT2D eigenvalue weighted by Crippen LogP contribution is -2.26. The van der Waals surface area contributed by atoms with Crippen LogP contribution in [0.15, 0.2) is 70.2 Å². The molecule has 0 atom stereocenters. The maximum Gasteiger partial charge on any atom is 0.416 e. The van der Waals surface area contributed by atoms with Crippen LogP contribution >= 0.6 is 15.9 Å². The molecule has 0 unspecified atom stereocenters. The van der Waals surface area contributed by atoms with Crippen LogP contribution in [0.1, 0.15) is 11.1 Å². The van der Waals surface area contributed by atoms with Crippen LogP contribution in [-0.4, -0.2) is 31.9 Å². The maximum absolute atomic E-state index is 12.9. The lowest BCUT2D eigenvalue weighted by Gasteiger charge is -2.18. The van der Waals surface area contributed by atoms with Gasteiger partial charge in [0.15, 0.2) is 0 Å². The van der Waals surface area contributed by atoms with Crippen LogP contribution in [0.3, 0.4) is 0 Å². The van der Waals surface area contributed by atoms with Crippen molar-refractivity contribution >= 4 is 37.5 Å². The van der Waals surface area contributed by atoms with E-state index in [0.29, 0.717) is 5.75 Å². The van der Waals surface area contributed by atoms with E-state index >= 15 is 0 Å². The fraction of sp³-hybridized carbons (Fsp3) is 0.190. The zero-order chi connectivity index (χ0) is 23.5. The average Bonchev–Trinajstić information content (AvgIpc) is 2.75. The molecule has 0 amide bonds. The van der Waals surface area contributed by atoms with Crippen LogP contribution in [-0.2, 0) is 22.7 Å². The lowest BCUT2D eigenvalue weighted by molar-refractivity contribution is -0.137. The van der Waals surface area contributed by atoms with Gasteiger partial charge in [-0.25, -0.2) is 13.4 Å². The van der Waals surface area contributed by atoms with Crippen LogP contribution in [0.4, 0.5) is 24.7 Å². The van der Waals surface area contributed by atoms with Gasteiger partial charge in [0.1, 0.15) is 16.5 Å². The summed E-state index contributed by atoms with van der Waals surface area (Å²) in [6.07, 6.45) is -3.32. The molecule has 1 aromatic heterocycles. The Kier molecular flexibility index (Phi) is 7.11. The predicted octanol–water partition coefficient (Wildman–Crippen LogP) is 5.44. The average molecular weight is 530 g/mol. The number of alkyl halides is 3. The number of pyridine rings is 1. The van der Waals surface area contributed by atoms with Gasteiger partial charge in [0.25, 0.3) is 0 Å². The van der Waals surface area contributed by atoms with Crippen molar-refractivity contribution in [3.05, 3.63) is 76.4 Å². The Balaban J connectivity index is 1.78. The minimum Gasteiger partial charge on any atom is -0.497 e. The molecule has 6 nitrogen and oxygen atoms in total. The van der Waals surface area contributed by atoms with Gasteiger partial charge >= 0.3 is 6.18 Å². The molecule has 0 bridgehead atoms. The summed E-state index contributed by atoms with van der Waals surface area (Å²) in [6, 6.07) is 13.0. The van der Waals surface area contributed by atoms with Crippen molar-refractivity contribution in [3.63, 3.8) is 0 Å². The number of nitrogens with one attached hydrogen (secondary N) is 1. The summed E-state index contributed by atoms with van der Waals surface area (Å²) in [4.78, 5) is 4.02. The van der Waals surface area contributed by atoms with E-state index < -0.39 is 21.8 Å². The zero-order valence-electron chi connectivity index (χ0n) is 17.0. The van der Waals surface area contributed by atoms with Crippen LogP contribution in [0.5, 0.6) is 5.75 Å². The fourth-order valence-electron chi connectivity index (χ4n) is 2.82. The summed E-state index contributed by atoms with van der Waals surface area (Å²) < 4.78 is 71.2. The number of nitrogens with zero attached hydrogens (tertiary/aromatic N) is 2. The molecule has 0 aliphatic carbocycles. The van der Waals surface area contributed by atoms with Crippen molar-refractivity contribution in [1.29, 1.82) is 0 Å². The van der Waals surface area contributed by atoms with E-state index in [1.54, 1.807) is 31.4 Å². The molecule has 0 saturated carbocycles. The third kappa shape index (κ3) is 5.59. The molecule has 170 valence electrons. The molecule has 0 spiro atoms. The highest BCUT2D eigenvalue weighted by molar-refractivity contribution is 9.10. The Morgan fingerprint density at radius 2 is 1.81 bits per heavy atom. The first-order chi connectivity index (χ1) is 15.0. The summed E-state index contributed by atoms with van der Waals surface area (Å²) in [5, 5.41) is 2.76. The van der Waals surface area contributed by atoms with Crippen molar-refractivity contribution in [2.75, 3.05) is 19.5 Å². The number of methoxy groups -OCH3 is 1. The number of hydrogen-bond acceptors (Lipinski definition) is 5. The van der Waals surface area contributed by atoms with Crippen molar-refractivity contribution in [3.8, 4) is 5.75 Å². The van der Waals surface area contributed by atoms with Gasteiger partial charge in [-0.05, 0) is 57.9 Å². The standard InChI is InChI=1S/C21H19BrF3N3O3S/c1-28(13-14-6-8-17(31-2)9-7-14)32(29,30)18-11-19(22)20(26-12-18)27-16-5-3-4-15(10-16)21(23,24)25/h3-12H,13H2,1-2H3,(H,26,27). The smallest absolute Gasteiger partial charge is 0.416 e. The molecule has 0 radical (unpaired) electrons. The lowest BCUT2D eigenvalue weighted by atomic mass is 10.2. The summed E-state index contributed by atoms with van der Waals surface area (Å²) in [5.74, 6) is 0.845. The highest BCUT2D eigenvalue weighted by Crippen LogP contribution is 2.33. The predicted molar refractivity (Wildman–Crippen MR) is 118 cm³/mol. The maximum atomic E-state index is 12.9. The van der Waals surface area contributed by atoms with Crippen LogP contribution in [0, 0.1) is 0 Å². The molecule has 0 fully saturated rings. The number of aromatic nitrogens is 1. The summed E-state index contributed by atoms with van der Waals surface area (Å²) in [5.41, 5.74) is 0.130. The van der Waals surface area contributed by atoms with E-state index in [-0.39, 0.29) is 27.4 Å². The first-order valence-electron chi connectivity index (χ1n) is 9.20.